The van der Waals surface area contributed by atoms with Crippen molar-refractivity contribution in [2.24, 2.45) is 0 Å². The highest BCUT2D eigenvalue weighted by Crippen LogP contribution is 1.96. The first kappa shape index (κ1) is 9.73. The fourth-order valence-electron chi connectivity index (χ4n) is 1.31. The summed E-state index contributed by atoms with van der Waals surface area (Å²) in [6.07, 6.45) is 3.71. The molecule has 0 saturated carbocycles. The predicted octanol–water partition coefficient (Wildman–Crippen LogP) is 1.89. The average Bonchev–Trinajstić information content (AvgIpc) is 2.11. The van der Waals surface area contributed by atoms with Crippen molar-refractivity contribution in [3.63, 3.8) is 0 Å². The summed E-state index contributed by atoms with van der Waals surface area (Å²) in [4.78, 5) is 0. The molecule has 0 spiro atoms. The van der Waals surface area contributed by atoms with E-state index >= 15 is 0 Å². The first-order chi connectivity index (χ1) is 6.24. The Morgan fingerprint density at radius 3 is 2.85 bits per heavy atom. The largest absolute Gasteiger partial charge is 0.202 e. The van der Waals surface area contributed by atoms with Gasteiger partial charge in [-0.15, -0.1) is 0 Å². The van der Waals surface area contributed by atoms with Gasteiger partial charge in [-0.3, -0.25) is 0 Å². The van der Waals surface area contributed by atoms with Gasteiger partial charge in [-0.2, -0.15) is 5.26 Å². The molecular weight excluding hydrogens is 160 g/mol. The fourth-order valence-corrected chi connectivity index (χ4v) is 1.31. The van der Waals surface area contributed by atoms with Crippen LogP contribution in [0.4, 0.5) is 0 Å². The Kier molecular flexibility index (Phi) is 3.45. The molecule has 0 aromatic carbocycles. The molecule has 0 bridgehead atoms. The van der Waals surface area contributed by atoms with Crippen LogP contribution < -0.4 is 4.57 Å². The highest BCUT2D eigenvalue weighted by atomic mass is 14.9. The van der Waals surface area contributed by atoms with Crippen LogP contribution in [0.3, 0.4) is 0 Å². The lowest BCUT2D eigenvalue weighted by atomic mass is 10.2. The molecule has 2 nitrogen and oxygen atoms in total. The Morgan fingerprint density at radius 1 is 1.38 bits per heavy atom. The predicted molar refractivity (Wildman–Crippen MR) is 51.0 cm³/mol. The van der Waals surface area contributed by atoms with Gasteiger partial charge in [0.2, 0.25) is 0 Å². The second kappa shape index (κ2) is 4.61. The number of aromatic nitrogens is 1. The van der Waals surface area contributed by atoms with Crippen molar-refractivity contribution in [2.75, 3.05) is 0 Å². The van der Waals surface area contributed by atoms with Crippen LogP contribution in [0.5, 0.6) is 0 Å². The molecule has 1 heterocycles. The van der Waals surface area contributed by atoms with Gasteiger partial charge in [-0.25, -0.2) is 4.57 Å². The summed E-state index contributed by atoms with van der Waals surface area (Å²) in [7, 11) is 0. The van der Waals surface area contributed by atoms with E-state index in [1.54, 1.807) is 0 Å². The molecule has 0 saturated heterocycles. The molecule has 68 valence electrons. The molecule has 1 aromatic heterocycles. The first-order valence-corrected chi connectivity index (χ1v) is 4.57. The van der Waals surface area contributed by atoms with Crippen molar-refractivity contribution >= 4 is 0 Å². The van der Waals surface area contributed by atoms with Crippen molar-refractivity contribution in [2.45, 2.75) is 33.2 Å². The van der Waals surface area contributed by atoms with Crippen molar-refractivity contribution < 1.29 is 4.57 Å². The first-order valence-electron chi connectivity index (χ1n) is 4.57. The normalized spacial score (nSPS) is 9.62. The number of nitrogens with zero attached hydrogens (tertiary/aromatic N) is 2. The summed E-state index contributed by atoms with van der Waals surface area (Å²) >= 11 is 0. The van der Waals surface area contributed by atoms with Crippen LogP contribution in [0, 0.1) is 25.2 Å². The Morgan fingerprint density at radius 2 is 2.15 bits per heavy atom. The monoisotopic (exact) mass is 175 g/mol. The van der Waals surface area contributed by atoms with Gasteiger partial charge in [0.05, 0.1) is 6.07 Å². The van der Waals surface area contributed by atoms with E-state index < -0.39 is 0 Å². The molecule has 1 aromatic rings. The summed E-state index contributed by atoms with van der Waals surface area (Å²) in [6.45, 7) is 5.12. The number of rotatable bonds is 3. The van der Waals surface area contributed by atoms with Crippen LogP contribution in [-0.2, 0) is 6.54 Å². The molecule has 0 atom stereocenters. The molecule has 0 radical (unpaired) electrons. The zero-order valence-corrected chi connectivity index (χ0v) is 8.25. The SMILES string of the molecule is Cc1ccc(C)[n+](CCCC#N)c1. The summed E-state index contributed by atoms with van der Waals surface area (Å²) in [5, 5.41) is 8.41. The molecule has 1 rings (SSSR count). The Hall–Kier alpha value is -1.36. The Bertz CT molecular complexity index is 323. The van der Waals surface area contributed by atoms with E-state index in [1.807, 2.05) is 0 Å². The van der Waals surface area contributed by atoms with E-state index in [1.165, 1.54) is 11.3 Å². The maximum atomic E-state index is 8.41. The van der Waals surface area contributed by atoms with Gasteiger partial charge in [-0.1, -0.05) is 0 Å². The quantitative estimate of drug-likeness (QED) is 0.509. The van der Waals surface area contributed by atoms with Crippen molar-refractivity contribution in [3.8, 4) is 6.07 Å². The number of hydrogen-bond acceptors (Lipinski definition) is 1. The van der Waals surface area contributed by atoms with Crippen LogP contribution >= 0.6 is 0 Å². The lowest BCUT2D eigenvalue weighted by molar-refractivity contribution is -0.703. The highest BCUT2D eigenvalue weighted by Gasteiger charge is 2.04. The van der Waals surface area contributed by atoms with Crippen molar-refractivity contribution in [1.29, 1.82) is 5.26 Å². The number of hydrogen-bond donors (Lipinski definition) is 0. The van der Waals surface area contributed by atoms with Gasteiger partial charge in [0.15, 0.2) is 11.9 Å². The summed E-state index contributed by atoms with van der Waals surface area (Å²) < 4.78 is 2.20. The number of nitriles is 1. The third-order valence-corrected chi connectivity index (χ3v) is 2.09. The summed E-state index contributed by atoms with van der Waals surface area (Å²) in [6, 6.07) is 6.38. The van der Waals surface area contributed by atoms with Crippen LogP contribution in [-0.4, -0.2) is 0 Å². The van der Waals surface area contributed by atoms with E-state index in [0.717, 1.165) is 13.0 Å². The van der Waals surface area contributed by atoms with Gasteiger partial charge < -0.3 is 0 Å². The Balaban J connectivity index is 2.65. The van der Waals surface area contributed by atoms with Gasteiger partial charge >= 0.3 is 0 Å². The molecule has 0 unspecified atom stereocenters. The minimum atomic E-state index is 0.639. The smallest absolute Gasteiger partial charge is 0.178 e. The second-order valence-electron chi connectivity index (χ2n) is 3.30. The van der Waals surface area contributed by atoms with E-state index in [2.05, 4.69) is 42.8 Å². The van der Waals surface area contributed by atoms with Crippen LogP contribution in [0.2, 0.25) is 0 Å². The van der Waals surface area contributed by atoms with Crippen LogP contribution in [0.25, 0.3) is 0 Å². The highest BCUT2D eigenvalue weighted by molar-refractivity contribution is 5.05. The minimum absolute atomic E-state index is 0.639. The van der Waals surface area contributed by atoms with Crippen molar-refractivity contribution in [3.05, 3.63) is 29.6 Å². The lowest BCUT2D eigenvalue weighted by Gasteiger charge is -1.99. The molecule has 13 heavy (non-hydrogen) atoms. The summed E-state index contributed by atoms with van der Waals surface area (Å²) in [5.41, 5.74) is 2.52. The van der Waals surface area contributed by atoms with E-state index in [9.17, 15) is 0 Å². The zero-order chi connectivity index (χ0) is 9.68. The third-order valence-electron chi connectivity index (χ3n) is 2.09. The van der Waals surface area contributed by atoms with E-state index in [-0.39, 0.29) is 0 Å². The number of pyridine rings is 1. The molecule has 2 heteroatoms. The van der Waals surface area contributed by atoms with E-state index in [0.29, 0.717) is 6.42 Å². The van der Waals surface area contributed by atoms with Gasteiger partial charge in [0.1, 0.15) is 6.54 Å². The number of unbranched alkanes of at least 4 members (excludes halogenated alkanes) is 1. The zero-order valence-electron chi connectivity index (χ0n) is 8.25. The van der Waals surface area contributed by atoms with Crippen LogP contribution in [0.15, 0.2) is 18.3 Å². The maximum absolute atomic E-state index is 8.41. The topological polar surface area (TPSA) is 27.7 Å². The van der Waals surface area contributed by atoms with Crippen molar-refractivity contribution in [1.82, 2.24) is 0 Å². The Labute approximate surface area is 79.4 Å². The van der Waals surface area contributed by atoms with Crippen LogP contribution in [0.1, 0.15) is 24.1 Å². The number of aryl methyl sites for hydroxylation is 3. The molecule has 0 aliphatic rings. The van der Waals surface area contributed by atoms with E-state index in [4.69, 9.17) is 5.26 Å². The average molecular weight is 175 g/mol. The molecule has 0 amide bonds. The summed E-state index contributed by atoms with van der Waals surface area (Å²) in [5.74, 6) is 0. The fraction of sp³-hybridized carbons (Fsp3) is 0.455. The molecule has 0 aliphatic carbocycles. The molecular formula is C11H15N2+. The standard InChI is InChI=1S/C11H15N2/c1-10-5-6-11(2)13(9-10)8-4-3-7-12/h5-6,9H,3-4,8H2,1-2H3/q+1. The molecule has 0 fully saturated rings. The lowest BCUT2D eigenvalue weighted by Crippen LogP contribution is -2.36. The molecule has 0 N–H and O–H groups in total. The molecule has 0 aliphatic heterocycles. The second-order valence-corrected chi connectivity index (χ2v) is 3.30. The minimum Gasteiger partial charge on any atom is -0.202 e. The van der Waals surface area contributed by atoms with Gasteiger partial charge in [-0.05, 0) is 13.0 Å². The van der Waals surface area contributed by atoms with Gasteiger partial charge in [0.25, 0.3) is 0 Å². The van der Waals surface area contributed by atoms with Gasteiger partial charge in [0, 0.05) is 31.4 Å². The third kappa shape index (κ3) is 2.87. The maximum Gasteiger partial charge on any atom is 0.178 e.